The zero-order valence-electron chi connectivity index (χ0n) is 9.98. The van der Waals surface area contributed by atoms with E-state index in [9.17, 15) is 4.39 Å². The van der Waals surface area contributed by atoms with Gasteiger partial charge < -0.3 is 4.74 Å². The molecule has 0 saturated heterocycles. The number of hydrogen-bond donors (Lipinski definition) is 0. The fourth-order valence-electron chi connectivity index (χ4n) is 1.82. The highest BCUT2D eigenvalue weighted by molar-refractivity contribution is 5.66. The summed E-state index contributed by atoms with van der Waals surface area (Å²) in [4.78, 5) is 0. The van der Waals surface area contributed by atoms with E-state index in [1.807, 2.05) is 18.2 Å². The first-order chi connectivity index (χ1) is 8.76. The summed E-state index contributed by atoms with van der Waals surface area (Å²) < 4.78 is 19.3. The van der Waals surface area contributed by atoms with Gasteiger partial charge in [-0.05, 0) is 17.7 Å². The van der Waals surface area contributed by atoms with E-state index in [-0.39, 0.29) is 12.2 Å². The Morgan fingerprint density at radius 1 is 1.22 bits per heavy atom. The molecule has 2 aromatic rings. The molecule has 0 fully saturated rings. The molecular weight excluding hydrogens is 229 g/mol. The third kappa shape index (κ3) is 2.33. The van der Waals surface area contributed by atoms with Gasteiger partial charge in [0.1, 0.15) is 11.6 Å². The maximum Gasteiger partial charge on any atom is 0.135 e. The first-order valence-electron chi connectivity index (χ1n) is 5.55. The van der Waals surface area contributed by atoms with Crippen molar-refractivity contribution in [2.24, 2.45) is 0 Å². The highest BCUT2D eigenvalue weighted by atomic mass is 19.1. The van der Waals surface area contributed by atoms with Gasteiger partial charge in [-0.2, -0.15) is 5.26 Å². The van der Waals surface area contributed by atoms with Gasteiger partial charge in [0, 0.05) is 11.1 Å². The second-order valence-electron chi connectivity index (χ2n) is 3.85. The van der Waals surface area contributed by atoms with Gasteiger partial charge in [-0.1, -0.05) is 30.3 Å². The minimum atomic E-state index is -0.340. The molecule has 0 radical (unpaired) electrons. The first kappa shape index (κ1) is 12.1. The SMILES string of the molecule is COc1cccc(-c2cccc(CC#N)c2F)c1. The smallest absolute Gasteiger partial charge is 0.135 e. The number of benzene rings is 2. The van der Waals surface area contributed by atoms with Crippen molar-refractivity contribution in [2.75, 3.05) is 7.11 Å². The molecule has 0 amide bonds. The molecule has 0 N–H and O–H groups in total. The van der Waals surface area contributed by atoms with E-state index in [0.717, 1.165) is 5.56 Å². The van der Waals surface area contributed by atoms with E-state index in [1.54, 1.807) is 37.4 Å². The predicted molar refractivity (Wildman–Crippen MR) is 67.7 cm³/mol. The Kier molecular flexibility index (Phi) is 3.59. The number of halogens is 1. The van der Waals surface area contributed by atoms with Crippen molar-refractivity contribution < 1.29 is 9.13 Å². The van der Waals surface area contributed by atoms with E-state index >= 15 is 0 Å². The van der Waals surface area contributed by atoms with Crippen molar-refractivity contribution in [3.8, 4) is 22.9 Å². The second kappa shape index (κ2) is 5.33. The third-order valence-corrected chi connectivity index (χ3v) is 2.73. The highest BCUT2D eigenvalue weighted by Gasteiger charge is 2.10. The molecule has 90 valence electrons. The van der Waals surface area contributed by atoms with Crippen LogP contribution in [0.25, 0.3) is 11.1 Å². The minimum Gasteiger partial charge on any atom is -0.497 e. The van der Waals surface area contributed by atoms with Crippen LogP contribution in [0.4, 0.5) is 4.39 Å². The summed E-state index contributed by atoms with van der Waals surface area (Å²) in [6.07, 6.45) is 0.0731. The van der Waals surface area contributed by atoms with Crippen molar-refractivity contribution >= 4 is 0 Å². The summed E-state index contributed by atoms with van der Waals surface area (Å²) in [5.41, 5.74) is 1.64. The van der Waals surface area contributed by atoms with Crippen molar-refractivity contribution in [2.45, 2.75) is 6.42 Å². The average Bonchev–Trinajstić information content (AvgIpc) is 2.41. The molecule has 0 aliphatic rings. The third-order valence-electron chi connectivity index (χ3n) is 2.73. The van der Waals surface area contributed by atoms with Crippen LogP contribution in [-0.2, 0) is 6.42 Å². The topological polar surface area (TPSA) is 33.0 Å². The number of hydrogen-bond acceptors (Lipinski definition) is 2. The van der Waals surface area contributed by atoms with Crippen LogP contribution in [0.5, 0.6) is 5.75 Å². The van der Waals surface area contributed by atoms with Crippen LogP contribution >= 0.6 is 0 Å². The van der Waals surface area contributed by atoms with Gasteiger partial charge in [-0.25, -0.2) is 4.39 Å². The largest absolute Gasteiger partial charge is 0.497 e. The molecule has 2 nitrogen and oxygen atoms in total. The maximum absolute atomic E-state index is 14.2. The Hall–Kier alpha value is -2.34. The van der Waals surface area contributed by atoms with Crippen molar-refractivity contribution in [3.05, 3.63) is 53.8 Å². The van der Waals surface area contributed by atoms with Crippen LogP contribution in [0.3, 0.4) is 0 Å². The molecule has 0 unspecified atom stereocenters. The van der Waals surface area contributed by atoms with Gasteiger partial charge in [0.15, 0.2) is 0 Å². The van der Waals surface area contributed by atoms with Gasteiger partial charge in [-0.3, -0.25) is 0 Å². The van der Waals surface area contributed by atoms with Gasteiger partial charge in [-0.15, -0.1) is 0 Å². The van der Waals surface area contributed by atoms with Gasteiger partial charge in [0.25, 0.3) is 0 Å². The molecule has 18 heavy (non-hydrogen) atoms. The number of nitrogens with zero attached hydrogens (tertiary/aromatic N) is 1. The van der Waals surface area contributed by atoms with Crippen molar-refractivity contribution in [1.29, 1.82) is 5.26 Å². The summed E-state index contributed by atoms with van der Waals surface area (Å²) in [6, 6.07) is 14.2. The predicted octanol–water partition coefficient (Wildman–Crippen LogP) is 3.57. The quantitative estimate of drug-likeness (QED) is 0.823. The molecule has 0 aromatic heterocycles. The van der Waals surface area contributed by atoms with Crippen LogP contribution in [0.1, 0.15) is 5.56 Å². The average molecular weight is 241 g/mol. The Balaban J connectivity index is 2.50. The molecule has 0 heterocycles. The second-order valence-corrected chi connectivity index (χ2v) is 3.85. The zero-order valence-corrected chi connectivity index (χ0v) is 9.98. The fourth-order valence-corrected chi connectivity index (χ4v) is 1.82. The lowest BCUT2D eigenvalue weighted by molar-refractivity contribution is 0.415. The fraction of sp³-hybridized carbons (Fsp3) is 0.133. The van der Waals surface area contributed by atoms with Crippen molar-refractivity contribution in [1.82, 2.24) is 0 Å². The number of methoxy groups -OCH3 is 1. The molecule has 0 atom stereocenters. The Bertz CT molecular complexity index is 602. The van der Waals surface area contributed by atoms with Crippen LogP contribution in [0.15, 0.2) is 42.5 Å². The normalized spacial score (nSPS) is 9.83. The van der Waals surface area contributed by atoms with Crippen LogP contribution < -0.4 is 4.74 Å². The molecule has 2 rings (SSSR count). The molecule has 0 spiro atoms. The molecule has 0 bridgehead atoms. The van der Waals surface area contributed by atoms with E-state index in [0.29, 0.717) is 16.9 Å². The van der Waals surface area contributed by atoms with Crippen LogP contribution in [0.2, 0.25) is 0 Å². The van der Waals surface area contributed by atoms with Crippen LogP contribution in [-0.4, -0.2) is 7.11 Å². The van der Waals surface area contributed by atoms with Crippen molar-refractivity contribution in [3.63, 3.8) is 0 Å². The summed E-state index contributed by atoms with van der Waals surface area (Å²) >= 11 is 0. The number of ether oxygens (including phenoxy) is 1. The lowest BCUT2D eigenvalue weighted by Crippen LogP contribution is -1.93. The summed E-state index contributed by atoms with van der Waals surface area (Å²) in [5, 5.41) is 8.65. The summed E-state index contributed by atoms with van der Waals surface area (Å²) in [7, 11) is 1.57. The molecule has 2 aromatic carbocycles. The Labute approximate surface area is 105 Å². The van der Waals surface area contributed by atoms with Gasteiger partial charge in [0.05, 0.1) is 19.6 Å². The standard InChI is InChI=1S/C15H12FNO/c1-18-13-6-2-5-12(10-13)14-7-3-4-11(8-9-17)15(14)16/h2-7,10H,8H2,1H3. The number of nitriles is 1. The maximum atomic E-state index is 14.2. The molecule has 0 aliphatic heterocycles. The minimum absolute atomic E-state index is 0.0731. The summed E-state index contributed by atoms with van der Waals surface area (Å²) in [5.74, 6) is 0.338. The summed E-state index contributed by atoms with van der Waals surface area (Å²) in [6.45, 7) is 0. The van der Waals surface area contributed by atoms with E-state index in [2.05, 4.69) is 0 Å². The zero-order chi connectivity index (χ0) is 13.0. The van der Waals surface area contributed by atoms with E-state index in [1.165, 1.54) is 0 Å². The van der Waals surface area contributed by atoms with Gasteiger partial charge in [0.2, 0.25) is 0 Å². The van der Waals surface area contributed by atoms with E-state index in [4.69, 9.17) is 10.00 Å². The number of rotatable bonds is 3. The Morgan fingerprint density at radius 3 is 2.72 bits per heavy atom. The van der Waals surface area contributed by atoms with E-state index < -0.39 is 0 Å². The van der Waals surface area contributed by atoms with Crippen LogP contribution in [0, 0.1) is 17.1 Å². The molecular formula is C15H12FNO. The highest BCUT2D eigenvalue weighted by Crippen LogP contribution is 2.27. The lowest BCUT2D eigenvalue weighted by Gasteiger charge is -2.08. The molecule has 3 heteroatoms. The monoisotopic (exact) mass is 241 g/mol. The Morgan fingerprint density at radius 2 is 2.00 bits per heavy atom. The molecule has 0 aliphatic carbocycles. The van der Waals surface area contributed by atoms with Gasteiger partial charge >= 0.3 is 0 Å². The lowest BCUT2D eigenvalue weighted by atomic mass is 10.0. The molecule has 0 saturated carbocycles. The first-order valence-corrected chi connectivity index (χ1v) is 5.55.